The largest absolute Gasteiger partial charge is 0.456 e. The molecule has 1 N–H and O–H groups in total. The molecule has 158 valence electrons. The number of rotatable bonds is 5. The van der Waals surface area contributed by atoms with Crippen molar-refractivity contribution in [3.05, 3.63) is 59.4 Å². The van der Waals surface area contributed by atoms with Gasteiger partial charge in [0.1, 0.15) is 17.3 Å². The smallest absolute Gasteiger partial charge is 0.237 e. The van der Waals surface area contributed by atoms with Gasteiger partial charge in [0.2, 0.25) is 5.91 Å². The Morgan fingerprint density at radius 2 is 1.83 bits per heavy atom. The van der Waals surface area contributed by atoms with Crippen LogP contribution in [-0.4, -0.2) is 54.5 Å². The van der Waals surface area contributed by atoms with Gasteiger partial charge in [-0.15, -0.1) is 0 Å². The average molecular weight is 410 g/mol. The van der Waals surface area contributed by atoms with Crippen LogP contribution in [0.5, 0.6) is 11.5 Å². The average Bonchev–Trinajstić information content (AvgIpc) is 2.94. The van der Waals surface area contributed by atoms with E-state index in [1.165, 1.54) is 6.07 Å². The Morgan fingerprint density at radius 3 is 2.60 bits per heavy atom. The third-order valence-corrected chi connectivity index (χ3v) is 5.81. The lowest BCUT2D eigenvalue weighted by atomic mass is 10.1. The first kappa shape index (κ1) is 20.4. The van der Waals surface area contributed by atoms with Crippen LogP contribution in [0.4, 0.5) is 4.39 Å². The van der Waals surface area contributed by atoms with Crippen molar-refractivity contribution in [2.45, 2.75) is 26.3 Å². The molecule has 0 radical (unpaired) electrons. The van der Waals surface area contributed by atoms with Crippen LogP contribution in [0, 0.1) is 5.82 Å². The summed E-state index contributed by atoms with van der Waals surface area (Å²) >= 11 is 0. The second kappa shape index (κ2) is 8.88. The third-order valence-electron chi connectivity index (χ3n) is 5.81. The van der Waals surface area contributed by atoms with Crippen molar-refractivity contribution in [1.29, 1.82) is 0 Å². The van der Waals surface area contributed by atoms with Gasteiger partial charge in [-0.2, -0.15) is 0 Å². The van der Waals surface area contributed by atoms with Crippen molar-refractivity contribution < 1.29 is 13.9 Å². The van der Waals surface area contributed by atoms with E-state index in [9.17, 15) is 9.18 Å². The normalized spacial score (nSPS) is 17.2. The van der Waals surface area contributed by atoms with Gasteiger partial charge in [0.05, 0.1) is 11.6 Å². The molecule has 2 aliphatic heterocycles. The lowest BCUT2D eigenvalue weighted by Gasteiger charge is -2.39. The third kappa shape index (κ3) is 4.05. The molecule has 0 aliphatic carbocycles. The molecular weight excluding hydrogens is 381 g/mol. The van der Waals surface area contributed by atoms with Gasteiger partial charge in [-0.05, 0) is 43.7 Å². The Balaban J connectivity index is 1.57. The number of hydrogen-bond donors (Lipinski definition) is 1. The molecule has 2 aromatic rings. The summed E-state index contributed by atoms with van der Waals surface area (Å²) in [6, 6.07) is 12.6. The lowest BCUT2D eigenvalue weighted by Crippen LogP contribution is -2.53. The minimum atomic E-state index is -0.294. The van der Waals surface area contributed by atoms with Gasteiger partial charge >= 0.3 is 0 Å². The van der Waals surface area contributed by atoms with Gasteiger partial charge in [-0.25, -0.2) is 4.39 Å². The van der Waals surface area contributed by atoms with Crippen LogP contribution in [0.3, 0.4) is 0 Å². The minimum Gasteiger partial charge on any atom is -0.456 e. The summed E-state index contributed by atoms with van der Waals surface area (Å²) in [7, 11) is 0. The predicted molar refractivity (Wildman–Crippen MR) is 117 cm³/mol. The number of nitrogens with one attached hydrogen (secondary N) is 1. The summed E-state index contributed by atoms with van der Waals surface area (Å²) in [4.78, 5) is 16.8. The van der Waals surface area contributed by atoms with E-state index >= 15 is 0 Å². The first-order chi connectivity index (χ1) is 14.6. The molecule has 1 amide bonds. The molecule has 30 heavy (non-hydrogen) atoms. The SMILES string of the molecule is CCCNC(=O)C(C)N1CCN(C2=Cc3c(F)cccc3Oc3ccccc32)CC1. The van der Waals surface area contributed by atoms with Crippen molar-refractivity contribution in [2.24, 2.45) is 0 Å². The van der Waals surface area contributed by atoms with Crippen LogP contribution in [0.25, 0.3) is 11.8 Å². The molecule has 5 nitrogen and oxygen atoms in total. The van der Waals surface area contributed by atoms with E-state index in [2.05, 4.69) is 15.1 Å². The second-order valence-corrected chi connectivity index (χ2v) is 7.77. The number of para-hydroxylation sites is 1. The molecule has 1 unspecified atom stereocenters. The summed E-state index contributed by atoms with van der Waals surface area (Å²) in [5, 5.41) is 2.98. The first-order valence-corrected chi connectivity index (χ1v) is 10.6. The van der Waals surface area contributed by atoms with Crippen molar-refractivity contribution in [3.8, 4) is 11.5 Å². The second-order valence-electron chi connectivity index (χ2n) is 7.77. The van der Waals surface area contributed by atoms with Crippen LogP contribution in [0.15, 0.2) is 42.5 Å². The highest BCUT2D eigenvalue weighted by Crippen LogP contribution is 2.40. The Bertz CT molecular complexity index is 951. The van der Waals surface area contributed by atoms with Crippen molar-refractivity contribution in [1.82, 2.24) is 15.1 Å². The molecule has 0 spiro atoms. The van der Waals surface area contributed by atoms with Gasteiger partial charge in [-0.1, -0.05) is 25.1 Å². The predicted octanol–water partition coefficient (Wildman–Crippen LogP) is 3.96. The number of fused-ring (bicyclic) bond motifs is 2. The van der Waals surface area contributed by atoms with Crippen molar-refractivity contribution >= 4 is 17.7 Å². The fourth-order valence-electron chi connectivity index (χ4n) is 4.02. The maximum absolute atomic E-state index is 14.6. The zero-order valence-electron chi connectivity index (χ0n) is 17.5. The van der Waals surface area contributed by atoms with Crippen molar-refractivity contribution in [2.75, 3.05) is 32.7 Å². The molecule has 2 heterocycles. The summed E-state index contributed by atoms with van der Waals surface area (Å²) in [5.74, 6) is 1.03. The molecule has 1 atom stereocenters. The summed E-state index contributed by atoms with van der Waals surface area (Å²) in [6.45, 7) is 7.77. The molecule has 1 fully saturated rings. The lowest BCUT2D eigenvalue weighted by molar-refractivity contribution is -0.126. The maximum atomic E-state index is 14.6. The van der Waals surface area contributed by atoms with Crippen LogP contribution in [-0.2, 0) is 4.79 Å². The van der Waals surface area contributed by atoms with Gasteiger partial charge in [0.25, 0.3) is 0 Å². The van der Waals surface area contributed by atoms with Crippen LogP contribution in [0.2, 0.25) is 0 Å². The monoisotopic (exact) mass is 409 g/mol. The molecule has 6 heteroatoms. The van der Waals surface area contributed by atoms with Crippen LogP contribution >= 0.6 is 0 Å². The summed E-state index contributed by atoms with van der Waals surface area (Å²) in [6.07, 6.45) is 2.82. The zero-order valence-corrected chi connectivity index (χ0v) is 17.5. The van der Waals surface area contributed by atoms with Gasteiger partial charge in [-0.3, -0.25) is 9.69 Å². The highest BCUT2D eigenvalue weighted by molar-refractivity contribution is 5.86. The van der Waals surface area contributed by atoms with E-state index in [0.29, 0.717) is 17.9 Å². The number of carbonyl (C=O) groups is 1. The van der Waals surface area contributed by atoms with E-state index in [4.69, 9.17) is 4.74 Å². The number of carbonyl (C=O) groups excluding carboxylic acids is 1. The molecular formula is C24H28FN3O2. The first-order valence-electron chi connectivity index (χ1n) is 10.6. The van der Waals surface area contributed by atoms with Crippen LogP contribution < -0.4 is 10.1 Å². The van der Waals surface area contributed by atoms with E-state index < -0.39 is 0 Å². The number of nitrogens with zero attached hydrogens (tertiary/aromatic N) is 2. The number of ether oxygens (including phenoxy) is 1. The Labute approximate surface area is 177 Å². The topological polar surface area (TPSA) is 44.8 Å². The summed E-state index contributed by atoms with van der Waals surface area (Å²) in [5.41, 5.74) is 2.38. The highest BCUT2D eigenvalue weighted by Gasteiger charge is 2.28. The number of amides is 1. The maximum Gasteiger partial charge on any atom is 0.237 e. The molecule has 2 aromatic carbocycles. The number of hydrogen-bond acceptors (Lipinski definition) is 4. The van der Waals surface area contributed by atoms with Gasteiger partial charge in [0, 0.05) is 44.0 Å². The Hall–Kier alpha value is -2.86. The minimum absolute atomic E-state index is 0.0775. The quantitative estimate of drug-likeness (QED) is 0.812. The highest BCUT2D eigenvalue weighted by atomic mass is 19.1. The Kier molecular flexibility index (Phi) is 6.04. The number of benzene rings is 2. The Morgan fingerprint density at radius 1 is 1.10 bits per heavy atom. The zero-order chi connectivity index (χ0) is 21.1. The van der Waals surface area contributed by atoms with E-state index in [0.717, 1.165) is 49.6 Å². The summed E-state index contributed by atoms with van der Waals surface area (Å²) < 4.78 is 20.6. The van der Waals surface area contributed by atoms with E-state index in [1.807, 2.05) is 44.2 Å². The van der Waals surface area contributed by atoms with E-state index in [1.54, 1.807) is 12.1 Å². The molecule has 0 aromatic heterocycles. The van der Waals surface area contributed by atoms with Crippen LogP contribution in [0.1, 0.15) is 31.4 Å². The molecule has 1 saturated heterocycles. The molecule has 4 rings (SSSR count). The van der Waals surface area contributed by atoms with Crippen molar-refractivity contribution in [3.63, 3.8) is 0 Å². The fraction of sp³-hybridized carbons (Fsp3) is 0.375. The van der Waals surface area contributed by atoms with E-state index in [-0.39, 0.29) is 17.8 Å². The molecule has 0 saturated carbocycles. The standard InChI is InChI=1S/C24H28FN3O2/c1-3-11-26-24(29)17(2)27-12-14-28(15-13-27)21-16-19-20(25)8-6-10-23(19)30-22-9-5-4-7-18(21)22/h4-10,16-17H,3,11-15H2,1-2H3,(H,26,29). The number of halogens is 1. The number of piperazine rings is 1. The fourth-order valence-corrected chi connectivity index (χ4v) is 4.02. The molecule has 2 aliphatic rings. The molecule has 0 bridgehead atoms. The van der Waals surface area contributed by atoms with Gasteiger partial charge < -0.3 is 15.0 Å². The van der Waals surface area contributed by atoms with Gasteiger partial charge in [0.15, 0.2) is 0 Å².